The van der Waals surface area contributed by atoms with Gasteiger partial charge in [-0.25, -0.2) is 14.8 Å². The smallest absolute Gasteiger partial charge is 0.410 e. The molecule has 11 nitrogen and oxygen atoms in total. The van der Waals surface area contributed by atoms with E-state index in [1.807, 2.05) is 45.0 Å². The summed E-state index contributed by atoms with van der Waals surface area (Å²) in [4.78, 5) is 38.7. The third kappa shape index (κ3) is 9.07. The van der Waals surface area contributed by atoms with Crippen LogP contribution in [0.4, 0.5) is 16.3 Å². The number of ether oxygens (including phenoxy) is 3. The van der Waals surface area contributed by atoms with Gasteiger partial charge in [-0.05, 0) is 69.3 Å². The number of carbonyl (C=O) groups is 2. The molecule has 1 N–H and O–H groups in total. The molecular weight excluding hydrogens is 600 g/mol. The lowest BCUT2D eigenvalue weighted by molar-refractivity contribution is -0.117. The molecule has 3 aromatic rings. The molecule has 2 fully saturated rings. The van der Waals surface area contributed by atoms with Crippen LogP contribution in [0.2, 0.25) is 25.7 Å². The number of carbonyl (C=O) groups excluding carboxylic acids is 2. The first-order chi connectivity index (χ1) is 21.9. The standard InChI is InChI=1S/C34H50N6O5Si/c1-34(2,3)45-33(42)39-13-11-25(12-14-39)21-30(41)37-27-9-7-26(8-10-27)29-22-28-31(38-15-17-43-18-16-38)35-23-36-32(28)40(29)24-44-19-20-46(4,5)6/h7-10,22-23,25H,11-21,24H2,1-6H3,(H,37,41). The minimum Gasteiger partial charge on any atom is -0.444 e. The summed E-state index contributed by atoms with van der Waals surface area (Å²) in [5, 5.41) is 4.06. The molecule has 1 aromatic carbocycles. The van der Waals surface area contributed by atoms with E-state index in [1.165, 1.54) is 0 Å². The zero-order chi connectivity index (χ0) is 32.9. The molecule has 0 bridgehead atoms. The van der Waals surface area contributed by atoms with E-state index in [4.69, 9.17) is 14.2 Å². The maximum absolute atomic E-state index is 13.0. The average Bonchev–Trinajstić information content (AvgIpc) is 3.38. The van der Waals surface area contributed by atoms with Gasteiger partial charge in [0.1, 0.15) is 30.1 Å². The highest BCUT2D eigenvalue weighted by Crippen LogP contribution is 2.33. The van der Waals surface area contributed by atoms with Crippen LogP contribution in [0.5, 0.6) is 0 Å². The SMILES string of the molecule is CC(C)(C)OC(=O)N1CCC(CC(=O)Nc2ccc(-c3cc4c(N5CCOCC5)ncnc4n3COCC[Si](C)(C)C)cc2)CC1. The van der Waals surface area contributed by atoms with Crippen molar-refractivity contribution in [3.05, 3.63) is 36.7 Å². The van der Waals surface area contributed by atoms with Gasteiger partial charge in [-0.1, -0.05) is 31.8 Å². The van der Waals surface area contributed by atoms with Crippen molar-refractivity contribution < 1.29 is 23.8 Å². The number of nitrogens with one attached hydrogen (secondary N) is 1. The van der Waals surface area contributed by atoms with Gasteiger partial charge in [0.05, 0.1) is 24.3 Å². The number of benzene rings is 1. The van der Waals surface area contributed by atoms with Crippen molar-refractivity contribution in [2.24, 2.45) is 5.92 Å². The fourth-order valence-corrected chi connectivity index (χ4v) is 6.58. The molecule has 2 aliphatic rings. The van der Waals surface area contributed by atoms with Gasteiger partial charge >= 0.3 is 6.09 Å². The van der Waals surface area contributed by atoms with Crippen molar-refractivity contribution in [1.29, 1.82) is 0 Å². The number of amides is 2. The zero-order valence-corrected chi connectivity index (χ0v) is 29.3. The Kier molecular flexibility index (Phi) is 10.7. The fourth-order valence-electron chi connectivity index (χ4n) is 5.83. The first-order valence-corrected chi connectivity index (χ1v) is 20.2. The molecule has 4 heterocycles. The summed E-state index contributed by atoms with van der Waals surface area (Å²) in [5.74, 6) is 1.13. The quantitative estimate of drug-likeness (QED) is 0.203. The lowest BCUT2D eigenvalue weighted by Crippen LogP contribution is -2.42. The molecular formula is C34H50N6O5Si. The number of fused-ring (bicyclic) bond motifs is 1. The summed E-state index contributed by atoms with van der Waals surface area (Å²) in [6, 6.07) is 11.2. The maximum Gasteiger partial charge on any atom is 0.410 e. The minimum absolute atomic E-state index is 0.0150. The topological polar surface area (TPSA) is 111 Å². The van der Waals surface area contributed by atoms with Crippen molar-refractivity contribution in [3.63, 3.8) is 0 Å². The highest BCUT2D eigenvalue weighted by molar-refractivity contribution is 6.76. The van der Waals surface area contributed by atoms with Crippen molar-refractivity contribution >= 4 is 42.6 Å². The second-order valence-corrected chi connectivity index (χ2v) is 20.2. The lowest BCUT2D eigenvalue weighted by Gasteiger charge is -2.33. The number of piperidine rings is 1. The second kappa shape index (κ2) is 14.5. The Labute approximate surface area is 273 Å². The highest BCUT2D eigenvalue weighted by atomic mass is 28.3. The Morgan fingerprint density at radius 2 is 1.72 bits per heavy atom. The van der Waals surface area contributed by atoms with Gasteiger partial charge in [-0.2, -0.15) is 0 Å². The first kappa shape index (κ1) is 33.9. The summed E-state index contributed by atoms with van der Waals surface area (Å²) in [6.45, 7) is 17.9. The Morgan fingerprint density at radius 1 is 1.02 bits per heavy atom. The summed E-state index contributed by atoms with van der Waals surface area (Å²) in [6.07, 6.45) is 3.35. The van der Waals surface area contributed by atoms with Crippen molar-refractivity contribution in [3.8, 4) is 11.3 Å². The molecule has 46 heavy (non-hydrogen) atoms. The minimum atomic E-state index is -1.23. The number of likely N-dealkylation sites (tertiary alicyclic amines) is 1. The monoisotopic (exact) mass is 650 g/mol. The third-order valence-electron chi connectivity index (χ3n) is 8.40. The molecule has 250 valence electrons. The Hall–Kier alpha value is -3.48. The van der Waals surface area contributed by atoms with Crippen LogP contribution >= 0.6 is 0 Å². The van der Waals surface area contributed by atoms with E-state index >= 15 is 0 Å². The Balaban J connectivity index is 1.26. The summed E-state index contributed by atoms with van der Waals surface area (Å²) in [7, 11) is -1.23. The first-order valence-electron chi connectivity index (χ1n) is 16.5. The predicted molar refractivity (Wildman–Crippen MR) is 184 cm³/mol. The number of rotatable bonds is 10. The summed E-state index contributed by atoms with van der Waals surface area (Å²) < 4.78 is 19.4. The lowest BCUT2D eigenvalue weighted by atomic mass is 9.93. The summed E-state index contributed by atoms with van der Waals surface area (Å²) >= 11 is 0. The van der Waals surface area contributed by atoms with Gasteiger partial charge in [-0.15, -0.1) is 0 Å². The van der Waals surface area contributed by atoms with E-state index in [0.29, 0.717) is 46.1 Å². The van der Waals surface area contributed by atoms with Crippen LogP contribution < -0.4 is 10.2 Å². The van der Waals surface area contributed by atoms with Crippen molar-refractivity contribution in [2.45, 2.75) is 78.1 Å². The molecule has 5 rings (SSSR count). The van der Waals surface area contributed by atoms with E-state index in [-0.39, 0.29) is 17.9 Å². The Bertz CT molecular complexity index is 1480. The molecule has 2 amide bonds. The molecule has 0 atom stereocenters. The highest BCUT2D eigenvalue weighted by Gasteiger charge is 2.28. The van der Waals surface area contributed by atoms with Gasteiger partial charge in [0.2, 0.25) is 5.91 Å². The maximum atomic E-state index is 13.0. The van der Waals surface area contributed by atoms with Crippen molar-refractivity contribution in [2.75, 3.05) is 56.2 Å². The number of aromatic nitrogens is 3. The van der Waals surface area contributed by atoms with E-state index in [2.05, 4.69) is 50.5 Å². The number of hydrogen-bond donors (Lipinski definition) is 1. The molecule has 0 unspecified atom stereocenters. The molecule has 2 aromatic heterocycles. The van der Waals surface area contributed by atoms with Gasteiger partial charge in [0.25, 0.3) is 0 Å². The van der Waals surface area contributed by atoms with E-state index in [1.54, 1.807) is 11.2 Å². The third-order valence-corrected chi connectivity index (χ3v) is 10.1. The van der Waals surface area contributed by atoms with Crippen LogP contribution in [0, 0.1) is 5.92 Å². The number of nitrogens with zero attached hydrogens (tertiary/aromatic N) is 5. The van der Waals surface area contributed by atoms with Crippen LogP contribution in [0.1, 0.15) is 40.0 Å². The van der Waals surface area contributed by atoms with Gasteiger partial charge in [0, 0.05) is 53.0 Å². The summed E-state index contributed by atoms with van der Waals surface area (Å²) in [5.41, 5.74) is 3.08. The number of anilines is 2. The largest absolute Gasteiger partial charge is 0.444 e. The molecule has 0 saturated carbocycles. The van der Waals surface area contributed by atoms with E-state index in [9.17, 15) is 9.59 Å². The van der Waals surface area contributed by atoms with Crippen LogP contribution in [0.3, 0.4) is 0 Å². The molecule has 2 aliphatic heterocycles. The molecule has 2 saturated heterocycles. The normalized spacial score (nSPS) is 16.6. The van der Waals surface area contributed by atoms with Gasteiger partial charge < -0.3 is 33.9 Å². The van der Waals surface area contributed by atoms with E-state index < -0.39 is 13.7 Å². The zero-order valence-electron chi connectivity index (χ0n) is 28.3. The van der Waals surface area contributed by atoms with Gasteiger partial charge in [-0.3, -0.25) is 4.79 Å². The number of morpholine rings is 1. The van der Waals surface area contributed by atoms with Crippen molar-refractivity contribution in [1.82, 2.24) is 19.4 Å². The molecule has 12 heteroatoms. The van der Waals surface area contributed by atoms with Crippen LogP contribution in [-0.2, 0) is 25.7 Å². The second-order valence-electron chi connectivity index (χ2n) is 14.6. The molecule has 0 radical (unpaired) electrons. The number of hydrogen-bond acceptors (Lipinski definition) is 8. The Morgan fingerprint density at radius 3 is 2.37 bits per heavy atom. The molecule has 0 spiro atoms. The van der Waals surface area contributed by atoms with Crippen LogP contribution in [0.15, 0.2) is 36.7 Å². The predicted octanol–water partition coefficient (Wildman–Crippen LogP) is 6.22. The fraction of sp³-hybridized carbons (Fsp3) is 0.588. The molecule has 0 aliphatic carbocycles. The van der Waals surface area contributed by atoms with E-state index in [0.717, 1.165) is 65.8 Å². The van der Waals surface area contributed by atoms with Crippen LogP contribution in [0.25, 0.3) is 22.3 Å². The van der Waals surface area contributed by atoms with Gasteiger partial charge in [0.15, 0.2) is 0 Å². The van der Waals surface area contributed by atoms with Crippen LogP contribution in [-0.4, -0.2) is 91.1 Å². The average molecular weight is 651 g/mol.